The molecule has 1 aromatic carbocycles. The molecule has 0 bridgehead atoms. The highest BCUT2D eigenvalue weighted by atomic mass is 19.2. The highest BCUT2D eigenvalue weighted by Crippen LogP contribution is 2.34. The van der Waals surface area contributed by atoms with Crippen LogP contribution in [0.15, 0.2) is 35.9 Å². The number of rotatable bonds is 2. The minimum absolute atomic E-state index is 0.287. The fraction of sp³-hybridized carbons (Fsp3) is 0.333. The number of nitrogens with zero attached hydrogens (tertiary/aromatic N) is 2. The first kappa shape index (κ1) is 11.1. The fourth-order valence-corrected chi connectivity index (χ4v) is 2.13. The van der Waals surface area contributed by atoms with Crippen molar-refractivity contribution in [2.24, 2.45) is 5.73 Å². The Kier molecular flexibility index (Phi) is 2.94. The van der Waals surface area contributed by atoms with E-state index in [2.05, 4.69) is 0 Å². The average molecular weight is 221 g/mol. The molecule has 0 fully saturated rings. The highest BCUT2D eigenvalue weighted by molar-refractivity contribution is 5.69. The second kappa shape index (κ2) is 4.23. The Morgan fingerprint density at radius 2 is 1.94 bits per heavy atom. The lowest BCUT2D eigenvalue weighted by atomic mass is 10.0. The Bertz CT molecular complexity index is 402. The van der Waals surface area contributed by atoms with Crippen molar-refractivity contribution in [3.05, 3.63) is 41.5 Å². The Hall–Kier alpha value is -1.39. The molecule has 2 N–H and O–H groups in total. The number of benzene rings is 1. The molecule has 86 valence electrons. The average Bonchev–Trinajstić information content (AvgIpc) is 2.54. The van der Waals surface area contributed by atoms with E-state index in [1.807, 2.05) is 37.3 Å². The van der Waals surface area contributed by atoms with E-state index >= 15 is 0 Å². The predicted octanol–water partition coefficient (Wildman–Crippen LogP) is 1.79. The van der Waals surface area contributed by atoms with Crippen LogP contribution in [0.4, 0.5) is 4.48 Å². The van der Waals surface area contributed by atoms with Crippen LogP contribution in [-0.2, 0) is 0 Å². The van der Waals surface area contributed by atoms with Crippen LogP contribution in [0.3, 0.4) is 0 Å². The van der Waals surface area contributed by atoms with Gasteiger partial charge < -0.3 is 5.73 Å². The molecule has 16 heavy (non-hydrogen) atoms. The maximum absolute atomic E-state index is 13.7. The van der Waals surface area contributed by atoms with Crippen LogP contribution >= 0.6 is 0 Å². The number of nitrogens with two attached hydrogens (primary N) is 1. The summed E-state index contributed by atoms with van der Waals surface area (Å²) in [5.74, 6) is 0. The van der Waals surface area contributed by atoms with Gasteiger partial charge in [-0.2, -0.15) is 0 Å². The highest BCUT2D eigenvalue weighted by Gasteiger charge is 2.34. The maximum atomic E-state index is 13.7. The molecule has 1 aliphatic rings. The minimum atomic E-state index is -0.287. The number of hydrazine groups is 1. The van der Waals surface area contributed by atoms with Gasteiger partial charge in [0.15, 0.2) is 0 Å². The molecule has 0 radical (unpaired) electrons. The van der Waals surface area contributed by atoms with E-state index < -0.39 is 0 Å². The van der Waals surface area contributed by atoms with Gasteiger partial charge in [-0.25, -0.2) is 0 Å². The standard InChI is InChI=1S/C12H16FN3/c1-9-11(8-14)12(15(2)16(9)13)10-6-4-3-5-7-10/h3-7,9H,8,14H2,1-2H3. The zero-order valence-corrected chi connectivity index (χ0v) is 9.52. The third kappa shape index (κ3) is 1.60. The summed E-state index contributed by atoms with van der Waals surface area (Å²) in [6, 6.07) is 9.47. The third-order valence-electron chi connectivity index (χ3n) is 3.01. The van der Waals surface area contributed by atoms with Crippen molar-refractivity contribution in [2.75, 3.05) is 13.6 Å². The molecule has 0 spiro atoms. The quantitative estimate of drug-likeness (QED) is 0.773. The zero-order chi connectivity index (χ0) is 11.7. The molecule has 1 unspecified atom stereocenters. The molecular formula is C12H16FN3. The Morgan fingerprint density at radius 1 is 1.31 bits per heavy atom. The van der Waals surface area contributed by atoms with Crippen molar-refractivity contribution >= 4 is 5.70 Å². The van der Waals surface area contributed by atoms with Crippen molar-refractivity contribution in [3.63, 3.8) is 0 Å². The molecule has 1 heterocycles. The van der Waals surface area contributed by atoms with Crippen LogP contribution in [0.5, 0.6) is 0 Å². The topological polar surface area (TPSA) is 32.5 Å². The van der Waals surface area contributed by atoms with Gasteiger partial charge in [-0.15, -0.1) is 4.48 Å². The molecule has 4 heteroatoms. The molecule has 1 aromatic rings. The second-order valence-electron chi connectivity index (χ2n) is 3.93. The zero-order valence-electron chi connectivity index (χ0n) is 9.52. The Labute approximate surface area is 94.9 Å². The first-order valence-corrected chi connectivity index (χ1v) is 5.34. The molecule has 3 nitrogen and oxygen atoms in total. The van der Waals surface area contributed by atoms with Crippen molar-refractivity contribution in [1.82, 2.24) is 10.2 Å². The van der Waals surface area contributed by atoms with Gasteiger partial charge >= 0.3 is 0 Å². The third-order valence-corrected chi connectivity index (χ3v) is 3.01. The monoisotopic (exact) mass is 221 g/mol. The summed E-state index contributed by atoms with van der Waals surface area (Å²) >= 11 is 0. The normalized spacial score (nSPS) is 22.0. The summed E-state index contributed by atoms with van der Waals surface area (Å²) in [5, 5.41) is 2.23. The van der Waals surface area contributed by atoms with Gasteiger partial charge in [0.1, 0.15) is 0 Å². The van der Waals surface area contributed by atoms with E-state index in [4.69, 9.17) is 5.73 Å². The van der Waals surface area contributed by atoms with E-state index in [1.54, 1.807) is 7.05 Å². The van der Waals surface area contributed by atoms with Gasteiger partial charge in [0.2, 0.25) is 0 Å². The summed E-state index contributed by atoms with van der Waals surface area (Å²) in [6.45, 7) is 2.19. The van der Waals surface area contributed by atoms with Crippen molar-refractivity contribution in [1.29, 1.82) is 0 Å². The molecule has 0 amide bonds. The molecule has 1 aliphatic heterocycles. The largest absolute Gasteiger partial charge is 0.327 e. The van der Waals surface area contributed by atoms with Gasteiger partial charge in [0, 0.05) is 13.6 Å². The first-order chi connectivity index (χ1) is 7.66. The number of halogens is 1. The minimum Gasteiger partial charge on any atom is -0.327 e. The molecule has 0 saturated carbocycles. The van der Waals surface area contributed by atoms with Crippen LogP contribution in [0.1, 0.15) is 12.5 Å². The van der Waals surface area contributed by atoms with Crippen molar-refractivity contribution < 1.29 is 4.48 Å². The van der Waals surface area contributed by atoms with E-state index in [9.17, 15) is 4.48 Å². The molecular weight excluding hydrogens is 205 g/mol. The smallest absolute Gasteiger partial charge is 0.0834 e. The lowest BCUT2D eigenvalue weighted by Gasteiger charge is -2.22. The molecule has 1 atom stereocenters. The number of hydrogen-bond acceptors (Lipinski definition) is 3. The summed E-state index contributed by atoms with van der Waals surface area (Å²) in [4.78, 5) is 0. The van der Waals surface area contributed by atoms with Gasteiger partial charge in [0.05, 0.1) is 11.7 Å². The molecule has 0 aliphatic carbocycles. The van der Waals surface area contributed by atoms with Crippen molar-refractivity contribution in [3.8, 4) is 0 Å². The lowest BCUT2D eigenvalue weighted by Crippen LogP contribution is -2.32. The summed E-state index contributed by atoms with van der Waals surface area (Å²) in [6.07, 6.45) is 0. The van der Waals surface area contributed by atoms with Crippen LogP contribution in [0.25, 0.3) is 5.70 Å². The molecule has 2 rings (SSSR count). The van der Waals surface area contributed by atoms with Crippen LogP contribution in [0.2, 0.25) is 0 Å². The maximum Gasteiger partial charge on any atom is 0.0834 e. The van der Waals surface area contributed by atoms with Crippen LogP contribution in [0, 0.1) is 0 Å². The van der Waals surface area contributed by atoms with Crippen LogP contribution < -0.4 is 5.73 Å². The van der Waals surface area contributed by atoms with Gasteiger partial charge in [-0.3, -0.25) is 5.01 Å². The van der Waals surface area contributed by atoms with E-state index in [0.717, 1.165) is 16.8 Å². The van der Waals surface area contributed by atoms with E-state index in [1.165, 1.54) is 5.01 Å². The van der Waals surface area contributed by atoms with Gasteiger partial charge in [-0.1, -0.05) is 30.3 Å². The van der Waals surface area contributed by atoms with Gasteiger partial charge in [0.25, 0.3) is 0 Å². The molecule has 0 aromatic heterocycles. The van der Waals surface area contributed by atoms with E-state index in [0.29, 0.717) is 11.8 Å². The Balaban J connectivity index is 2.48. The number of hydrogen-bond donors (Lipinski definition) is 1. The predicted molar refractivity (Wildman–Crippen MR) is 62.6 cm³/mol. The Morgan fingerprint density at radius 3 is 2.50 bits per heavy atom. The SMILES string of the molecule is CC1C(CN)=C(c2ccccc2)N(C)N1F. The lowest BCUT2D eigenvalue weighted by molar-refractivity contribution is -0.127. The van der Waals surface area contributed by atoms with Crippen LogP contribution in [-0.4, -0.2) is 29.9 Å². The van der Waals surface area contributed by atoms with Gasteiger partial charge in [-0.05, 0) is 23.3 Å². The second-order valence-corrected chi connectivity index (χ2v) is 3.93. The van der Waals surface area contributed by atoms with Crippen molar-refractivity contribution in [2.45, 2.75) is 13.0 Å². The van der Waals surface area contributed by atoms with E-state index in [-0.39, 0.29) is 6.04 Å². The summed E-state index contributed by atoms with van der Waals surface area (Å²) < 4.78 is 13.7. The first-order valence-electron chi connectivity index (χ1n) is 5.34. The summed E-state index contributed by atoms with van der Waals surface area (Å²) in [5.41, 5.74) is 8.50. The molecule has 0 saturated heterocycles. The summed E-state index contributed by atoms with van der Waals surface area (Å²) in [7, 11) is 1.71. The fourth-order valence-electron chi connectivity index (χ4n) is 2.13.